The molecule has 0 aromatic heterocycles. The van der Waals surface area contributed by atoms with E-state index in [0.29, 0.717) is 30.9 Å². The first-order valence-electron chi connectivity index (χ1n) is 10.8. The summed E-state index contributed by atoms with van der Waals surface area (Å²) in [6.45, 7) is 5.80. The van der Waals surface area contributed by atoms with Crippen LogP contribution in [0.2, 0.25) is 0 Å². The lowest BCUT2D eigenvalue weighted by molar-refractivity contribution is -0.149. The first kappa shape index (κ1) is 28.3. The molecular weight excluding hydrogens is 481 g/mol. The summed E-state index contributed by atoms with van der Waals surface area (Å²) in [6.07, 6.45) is -2.10. The molecule has 0 amide bonds. The van der Waals surface area contributed by atoms with Crippen molar-refractivity contribution in [2.24, 2.45) is 11.8 Å². The second-order valence-electron chi connectivity index (χ2n) is 8.41. The zero-order chi connectivity index (χ0) is 25.5. The van der Waals surface area contributed by atoms with E-state index in [1.165, 1.54) is 0 Å². The number of cyclic esters (lactones) is 1. The van der Waals surface area contributed by atoms with Gasteiger partial charge in [0.15, 0.2) is 0 Å². The van der Waals surface area contributed by atoms with Crippen molar-refractivity contribution in [3.63, 3.8) is 0 Å². The Morgan fingerprint density at radius 1 is 1.21 bits per heavy atom. The molecular formula is C22H31F3O8S. The van der Waals surface area contributed by atoms with Crippen LogP contribution in [0.15, 0.2) is 18.2 Å². The molecule has 3 atom stereocenters. The average Bonchev–Trinajstić information content (AvgIpc) is 3.13. The molecule has 1 aromatic carbocycles. The largest absolute Gasteiger partial charge is 0.523 e. The van der Waals surface area contributed by atoms with Crippen LogP contribution in [0.1, 0.15) is 37.8 Å². The number of hydrogen-bond acceptors (Lipinski definition) is 8. The second-order valence-corrected chi connectivity index (χ2v) is 9.97. The van der Waals surface area contributed by atoms with Gasteiger partial charge in [0.2, 0.25) is 0 Å². The van der Waals surface area contributed by atoms with E-state index in [1.54, 1.807) is 39.2 Å². The van der Waals surface area contributed by atoms with Gasteiger partial charge in [-0.3, -0.25) is 8.98 Å². The van der Waals surface area contributed by atoms with Crippen molar-refractivity contribution in [3.8, 4) is 5.75 Å². The topological polar surface area (TPSA) is 97.4 Å². The van der Waals surface area contributed by atoms with Crippen LogP contribution in [0, 0.1) is 18.8 Å². The van der Waals surface area contributed by atoms with Crippen LogP contribution in [0.5, 0.6) is 5.75 Å². The van der Waals surface area contributed by atoms with Gasteiger partial charge in [-0.25, -0.2) is 0 Å². The van der Waals surface area contributed by atoms with Gasteiger partial charge in [0, 0.05) is 26.6 Å². The summed E-state index contributed by atoms with van der Waals surface area (Å²) >= 11 is 0. The molecule has 12 heteroatoms. The van der Waals surface area contributed by atoms with Gasteiger partial charge in [-0.15, -0.1) is 0 Å². The van der Waals surface area contributed by atoms with Gasteiger partial charge in [-0.05, 0) is 30.0 Å². The van der Waals surface area contributed by atoms with E-state index in [2.05, 4.69) is 4.18 Å². The van der Waals surface area contributed by atoms with Crippen LogP contribution < -0.4 is 4.74 Å². The Hall–Kier alpha value is -1.89. The Morgan fingerprint density at radius 3 is 2.50 bits per heavy atom. The van der Waals surface area contributed by atoms with E-state index in [1.807, 2.05) is 6.92 Å². The Morgan fingerprint density at radius 2 is 1.91 bits per heavy atom. The number of ether oxygens (including phenoxy) is 4. The Kier molecular flexibility index (Phi) is 10.2. The van der Waals surface area contributed by atoms with Crippen LogP contribution >= 0.6 is 0 Å². The van der Waals surface area contributed by atoms with Gasteiger partial charge < -0.3 is 18.9 Å². The lowest BCUT2D eigenvalue weighted by atomic mass is 9.91. The lowest BCUT2D eigenvalue weighted by Gasteiger charge is -2.23. The maximum atomic E-state index is 12.9. The fourth-order valence-electron chi connectivity index (χ4n) is 3.39. The first-order valence-corrected chi connectivity index (χ1v) is 12.3. The van der Waals surface area contributed by atoms with Crippen LogP contribution in [0.4, 0.5) is 13.2 Å². The molecule has 1 aliphatic rings. The molecule has 0 bridgehead atoms. The molecule has 0 radical (unpaired) electrons. The van der Waals surface area contributed by atoms with Crippen molar-refractivity contribution in [2.45, 2.75) is 57.9 Å². The van der Waals surface area contributed by atoms with Crippen LogP contribution in [0.25, 0.3) is 0 Å². The van der Waals surface area contributed by atoms with Crippen molar-refractivity contribution < 1.29 is 49.5 Å². The van der Waals surface area contributed by atoms with Crippen molar-refractivity contribution in [1.82, 2.24) is 0 Å². The van der Waals surface area contributed by atoms with E-state index >= 15 is 0 Å². The third-order valence-electron chi connectivity index (χ3n) is 5.36. The molecule has 194 valence electrons. The second kappa shape index (κ2) is 12.2. The standard InChI is InChI=1S/C22H31F3O8S/c1-14(2)17-11-19(32-21(17)26)20(33-34(27,28)22(23,24)25)13-30-12-16-7-6-15(3)18(10-16)31-9-5-8-29-4/h6-7,10,14,17,19-20H,5,8-9,11-13H2,1-4H3/t17-,19-,20+/m0/s1. The summed E-state index contributed by atoms with van der Waals surface area (Å²) in [4.78, 5) is 12.1. The number of alkyl halides is 3. The zero-order valence-corrected chi connectivity index (χ0v) is 20.4. The maximum Gasteiger partial charge on any atom is 0.523 e. The number of carbonyl (C=O) groups is 1. The van der Waals surface area contributed by atoms with Crippen molar-refractivity contribution in [3.05, 3.63) is 29.3 Å². The normalized spacial score (nSPS) is 19.9. The van der Waals surface area contributed by atoms with E-state index in [0.717, 1.165) is 5.56 Å². The van der Waals surface area contributed by atoms with Crippen molar-refractivity contribution >= 4 is 16.1 Å². The summed E-state index contributed by atoms with van der Waals surface area (Å²) in [5.41, 5.74) is -4.07. The summed E-state index contributed by atoms with van der Waals surface area (Å²) in [6, 6.07) is 5.29. The third-order valence-corrected chi connectivity index (χ3v) is 6.43. The molecule has 0 saturated carbocycles. The number of hydrogen-bond donors (Lipinski definition) is 0. The number of halogens is 3. The number of esters is 1. The Balaban J connectivity index is 2.07. The summed E-state index contributed by atoms with van der Waals surface area (Å²) in [5.74, 6) is -0.686. The van der Waals surface area contributed by atoms with Gasteiger partial charge in [-0.1, -0.05) is 26.0 Å². The van der Waals surface area contributed by atoms with E-state index in [9.17, 15) is 26.4 Å². The minimum atomic E-state index is -5.91. The molecule has 0 N–H and O–H groups in total. The lowest BCUT2D eigenvalue weighted by Crippen LogP contribution is -2.39. The highest BCUT2D eigenvalue weighted by molar-refractivity contribution is 7.87. The molecule has 2 rings (SSSR count). The Labute approximate surface area is 197 Å². The number of methoxy groups -OCH3 is 1. The molecule has 0 spiro atoms. The zero-order valence-electron chi connectivity index (χ0n) is 19.6. The molecule has 0 unspecified atom stereocenters. The van der Waals surface area contributed by atoms with Crippen molar-refractivity contribution in [2.75, 3.05) is 26.9 Å². The molecule has 1 heterocycles. The molecule has 1 aromatic rings. The van der Waals surface area contributed by atoms with Gasteiger partial charge in [0.25, 0.3) is 0 Å². The van der Waals surface area contributed by atoms with Gasteiger partial charge in [0.05, 0.1) is 25.7 Å². The van der Waals surface area contributed by atoms with Crippen molar-refractivity contribution in [1.29, 1.82) is 0 Å². The smallest absolute Gasteiger partial charge is 0.493 e. The summed E-state index contributed by atoms with van der Waals surface area (Å²) < 4.78 is 87.7. The van der Waals surface area contributed by atoms with Crippen LogP contribution in [-0.2, 0) is 39.9 Å². The van der Waals surface area contributed by atoms with Gasteiger partial charge >= 0.3 is 21.6 Å². The third kappa shape index (κ3) is 7.82. The van der Waals surface area contributed by atoms with Crippen LogP contribution in [0.3, 0.4) is 0 Å². The molecule has 0 aliphatic carbocycles. The molecule has 1 fully saturated rings. The average molecular weight is 513 g/mol. The summed E-state index contributed by atoms with van der Waals surface area (Å²) in [5, 5.41) is 0. The van der Waals surface area contributed by atoms with E-state index < -0.39 is 46.3 Å². The van der Waals surface area contributed by atoms with Gasteiger partial charge in [0.1, 0.15) is 18.0 Å². The number of aryl methyl sites for hydroxylation is 1. The highest BCUT2D eigenvalue weighted by Gasteiger charge is 2.51. The monoisotopic (exact) mass is 512 g/mol. The maximum absolute atomic E-state index is 12.9. The fourth-order valence-corrected chi connectivity index (χ4v) is 4.00. The SMILES string of the molecule is COCCCOc1cc(COC[C@@H](OS(=O)(=O)C(F)(F)F)[C@@H]2C[C@@H](C(C)C)C(=O)O2)ccc1C. The minimum Gasteiger partial charge on any atom is -0.493 e. The number of carbonyl (C=O) groups excluding carboxylic acids is 1. The molecule has 8 nitrogen and oxygen atoms in total. The van der Waals surface area contributed by atoms with Gasteiger partial charge in [-0.2, -0.15) is 21.6 Å². The predicted molar refractivity (Wildman–Crippen MR) is 115 cm³/mol. The molecule has 1 saturated heterocycles. The minimum absolute atomic E-state index is 0.0297. The van der Waals surface area contributed by atoms with E-state index in [-0.39, 0.29) is 18.9 Å². The quantitative estimate of drug-likeness (QED) is 0.171. The highest BCUT2D eigenvalue weighted by atomic mass is 32.2. The summed E-state index contributed by atoms with van der Waals surface area (Å²) in [7, 11) is -4.32. The van der Waals surface area contributed by atoms with E-state index in [4.69, 9.17) is 18.9 Å². The predicted octanol–water partition coefficient (Wildman–Crippen LogP) is 3.75. The number of benzene rings is 1. The number of rotatable bonds is 13. The fraction of sp³-hybridized carbons (Fsp3) is 0.682. The highest BCUT2D eigenvalue weighted by Crippen LogP contribution is 2.33. The Bertz CT molecular complexity index is 917. The molecule has 1 aliphatic heterocycles. The first-order chi connectivity index (χ1) is 15.9. The molecule has 34 heavy (non-hydrogen) atoms. The van der Waals surface area contributed by atoms with Crippen LogP contribution in [-0.4, -0.2) is 59.0 Å².